The number of aromatic carboxylic acids is 1. The molecule has 1 aromatic rings. The van der Waals surface area contributed by atoms with Gasteiger partial charge in [0.2, 0.25) is 0 Å². The number of rotatable bonds is 2. The maximum Gasteiger partial charge on any atom is 0.336 e. The third-order valence-corrected chi connectivity index (χ3v) is 3.90. The summed E-state index contributed by atoms with van der Waals surface area (Å²) in [6, 6.07) is 1.59. The van der Waals surface area contributed by atoms with Crippen LogP contribution in [0.1, 0.15) is 41.6 Å². The minimum absolute atomic E-state index is 0.127. The number of nitrogens with zero attached hydrogens (tertiary/aromatic N) is 1. The Balaban J connectivity index is 2.08. The Hall–Kier alpha value is -1.38. The molecule has 2 aliphatic rings. The molecule has 2 unspecified atom stereocenters. The quantitative estimate of drug-likeness (QED) is 0.798. The third-order valence-electron chi connectivity index (χ3n) is 3.90. The number of hydrogen-bond donors (Lipinski definition) is 1. The van der Waals surface area contributed by atoms with Crippen molar-refractivity contribution in [3.63, 3.8) is 0 Å². The third kappa shape index (κ3) is 1.12. The monoisotopic (exact) mass is 202 g/mol. The van der Waals surface area contributed by atoms with Crippen LogP contribution in [-0.4, -0.2) is 16.1 Å². The van der Waals surface area contributed by atoms with Crippen LogP contribution in [0.4, 0.5) is 0 Å². The second-order valence-electron chi connectivity index (χ2n) is 4.60. The summed E-state index contributed by atoms with van der Waals surface area (Å²) in [7, 11) is 0. The lowest BCUT2D eigenvalue weighted by molar-refractivity contribution is 0.0694. The molecule has 3 heteroatoms. The van der Waals surface area contributed by atoms with Crippen molar-refractivity contribution in [3.8, 4) is 0 Å². The highest BCUT2D eigenvalue weighted by atomic mass is 16.4. The zero-order valence-corrected chi connectivity index (χ0v) is 8.36. The standard InChI is InChI=1S/C12H12NO2/c14-11(15)9-3-5-13-7-10(9)12-4-1-2-8(12)6-12/h3,5,8H,1-2,4,6H2,(H,14,15). The fourth-order valence-electron chi connectivity index (χ4n) is 3.08. The van der Waals surface area contributed by atoms with Crippen molar-refractivity contribution in [2.24, 2.45) is 5.92 Å². The Kier molecular flexibility index (Phi) is 1.67. The Morgan fingerprint density at radius 1 is 1.67 bits per heavy atom. The molecule has 2 atom stereocenters. The van der Waals surface area contributed by atoms with E-state index in [-0.39, 0.29) is 5.41 Å². The first-order valence-electron chi connectivity index (χ1n) is 5.34. The van der Waals surface area contributed by atoms with Gasteiger partial charge in [-0.3, -0.25) is 4.98 Å². The van der Waals surface area contributed by atoms with Crippen molar-refractivity contribution >= 4 is 5.97 Å². The Morgan fingerprint density at radius 2 is 2.53 bits per heavy atom. The zero-order chi connectivity index (χ0) is 10.5. The van der Waals surface area contributed by atoms with E-state index in [2.05, 4.69) is 11.2 Å². The molecular weight excluding hydrogens is 190 g/mol. The van der Waals surface area contributed by atoms with E-state index < -0.39 is 5.97 Å². The summed E-state index contributed by atoms with van der Waals surface area (Å²) in [5.41, 5.74) is 1.37. The number of fused-ring (bicyclic) bond motifs is 1. The van der Waals surface area contributed by atoms with Gasteiger partial charge in [-0.25, -0.2) is 4.79 Å². The van der Waals surface area contributed by atoms with Crippen molar-refractivity contribution < 1.29 is 9.90 Å². The van der Waals surface area contributed by atoms with Crippen LogP contribution in [0.25, 0.3) is 0 Å². The van der Waals surface area contributed by atoms with Crippen molar-refractivity contribution in [1.82, 2.24) is 4.98 Å². The van der Waals surface area contributed by atoms with Crippen LogP contribution in [0.15, 0.2) is 12.3 Å². The maximum atomic E-state index is 11.1. The minimum atomic E-state index is -0.851. The molecule has 15 heavy (non-hydrogen) atoms. The highest BCUT2D eigenvalue weighted by Gasteiger charge is 2.59. The molecule has 3 rings (SSSR count). The van der Waals surface area contributed by atoms with Gasteiger partial charge < -0.3 is 5.11 Å². The summed E-state index contributed by atoms with van der Waals surface area (Å²) >= 11 is 0. The van der Waals surface area contributed by atoms with E-state index in [0.717, 1.165) is 18.4 Å². The smallest absolute Gasteiger partial charge is 0.336 e. The van der Waals surface area contributed by atoms with Crippen LogP contribution < -0.4 is 0 Å². The van der Waals surface area contributed by atoms with Gasteiger partial charge in [-0.1, -0.05) is 6.42 Å². The van der Waals surface area contributed by atoms with E-state index in [1.165, 1.54) is 19.0 Å². The number of carbonyl (C=O) groups is 1. The lowest BCUT2D eigenvalue weighted by atomic mass is 9.91. The molecule has 0 aliphatic heterocycles. The van der Waals surface area contributed by atoms with Crippen LogP contribution in [0, 0.1) is 12.1 Å². The average molecular weight is 202 g/mol. The first-order valence-corrected chi connectivity index (χ1v) is 5.34. The summed E-state index contributed by atoms with van der Waals surface area (Å²) in [5, 5.41) is 9.11. The Morgan fingerprint density at radius 3 is 3.13 bits per heavy atom. The highest BCUT2D eigenvalue weighted by Crippen LogP contribution is 2.64. The van der Waals surface area contributed by atoms with Crippen LogP contribution in [-0.2, 0) is 5.41 Å². The SMILES string of the molecule is O=C(O)c1ccn[c]c1C12CCCC1C2. The predicted molar refractivity (Wildman–Crippen MR) is 53.7 cm³/mol. The largest absolute Gasteiger partial charge is 0.478 e. The molecule has 0 bridgehead atoms. The zero-order valence-electron chi connectivity index (χ0n) is 8.36. The summed E-state index contributed by atoms with van der Waals surface area (Å²) in [6.07, 6.45) is 9.12. The predicted octanol–water partition coefficient (Wildman–Crippen LogP) is 2.02. The molecular formula is C12H12NO2. The average Bonchev–Trinajstić information content (AvgIpc) is 2.82. The lowest BCUT2D eigenvalue weighted by Gasteiger charge is -2.13. The molecule has 2 aliphatic carbocycles. The minimum Gasteiger partial charge on any atom is -0.478 e. The van der Waals surface area contributed by atoms with E-state index in [1.54, 1.807) is 6.07 Å². The van der Waals surface area contributed by atoms with E-state index in [0.29, 0.717) is 11.5 Å². The van der Waals surface area contributed by atoms with E-state index in [4.69, 9.17) is 5.11 Å². The summed E-state index contributed by atoms with van der Waals surface area (Å²) < 4.78 is 0. The molecule has 2 fully saturated rings. The van der Waals surface area contributed by atoms with Crippen LogP contribution in [0.3, 0.4) is 0 Å². The van der Waals surface area contributed by atoms with Gasteiger partial charge in [0.15, 0.2) is 0 Å². The van der Waals surface area contributed by atoms with Gasteiger partial charge in [0.1, 0.15) is 0 Å². The Labute approximate surface area is 88.1 Å². The molecule has 0 amide bonds. The molecule has 1 aromatic heterocycles. The van der Waals surface area contributed by atoms with Gasteiger partial charge in [-0.2, -0.15) is 0 Å². The number of hydrogen-bond acceptors (Lipinski definition) is 2. The second kappa shape index (κ2) is 2.81. The fraction of sp³-hybridized carbons (Fsp3) is 0.500. The van der Waals surface area contributed by atoms with Gasteiger partial charge in [0.05, 0.1) is 11.8 Å². The van der Waals surface area contributed by atoms with E-state index >= 15 is 0 Å². The number of carboxylic acid groups (broad SMARTS) is 1. The molecule has 77 valence electrons. The molecule has 0 saturated heterocycles. The van der Waals surface area contributed by atoms with Crippen molar-refractivity contribution in [2.75, 3.05) is 0 Å². The molecule has 0 aromatic carbocycles. The van der Waals surface area contributed by atoms with Crippen molar-refractivity contribution in [2.45, 2.75) is 31.1 Å². The van der Waals surface area contributed by atoms with Gasteiger partial charge in [0, 0.05) is 17.2 Å². The normalized spacial score (nSPS) is 32.4. The fourth-order valence-corrected chi connectivity index (χ4v) is 3.08. The summed E-state index contributed by atoms with van der Waals surface area (Å²) in [4.78, 5) is 15.0. The maximum absolute atomic E-state index is 11.1. The summed E-state index contributed by atoms with van der Waals surface area (Å²) in [5.74, 6) is -0.161. The number of carboxylic acids is 1. The molecule has 2 saturated carbocycles. The molecule has 0 spiro atoms. The highest BCUT2D eigenvalue weighted by molar-refractivity contribution is 5.89. The van der Waals surface area contributed by atoms with Gasteiger partial charge in [0.25, 0.3) is 0 Å². The van der Waals surface area contributed by atoms with Gasteiger partial charge in [-0.05, 0) is 31.2 Å². The number of aromatic nitrogens is 1. The lowest BCUT2D eigenvalue weighted by Crippen LogP contribution is -2.13. The van der Waals surface area contributed by atoms with Crippen LogP contribution in [0.5, 0.6) is 0 Å². The summed E-state index contributed by atoms with van der Waals surface area (Å²) in [6.45, 7) is 0. The topological polar surface area (TPSA) is 50.2 Å². The molecule has 1 heterocycles. The van der Waals surface area contributed by atoms with Crippen molar-refractivity contribution in [3.05, 3.63) is 29.6 Å². The molecule has 1 radical (unpaired) electrons. The van der Waals surface area contributed by atoms with Crippen molar-refractivity contribution in [1.29, 1.82) is 0 Å². The molecule has 3 nitrogen and oxygen atoms in total. The van der Waals surface area contributed by atoms with Gasteiger partial charge >= 0.3 is 5.97 Å². The molecule has 1 N–H and O–H groups in total. The second-order valence-corrected chi connectivity index (χ2v) is 4.60. The van der Waals surface area contributed by atoms with E-state index in [1.807, 2.05) is 0 Å². The first-order chi connectivity index (χ1) is 7.24. The number of pyridine rings is 1. The van der Waals surface area contributed by atoms with Crippen LogP contribution >= 0.6 is 0 Å². The van der Waals surface area contributed by atoms with E-state index in [9.17, 15) is 4.79 Å². The van der Waals surface area contributed by atoms with Gasteiger partial charge in [-0.15, -0.1) is 0 Å². The Bertz CT molecular complexity index is 429. The first kappa shape index (κ1) is 8.89. The van der Waals surface area contributed by atoms with Crippen LogP contribution in [0.2, 0.25) is 0 Å².